The molecule has 2 fully saturated rings. The first-order chi connectivity index (χ1) is 14.8. The van der Waals surface area contributed by atoms with Crippen LogP contribution in [-0.2, 0) is 10.0 Å². The van der Waals surface area contributed by atoms with Gasteiger partial charge in [-0.2, -0.15) is 4.31 Å². The van der Waals surface area contributed by atoms with Crippen LogP contribution in [0.5, 0.6) is 0 Å². The van der Waals surface area contributed by atoms with Crippen molar-refractivity contribution in [3.8, 4) is 0 Å². The van der Waals surface area contributed by atoms with Crippen LogP contribution in [0.15, 0.2) is 28.5 Å². The topological polar surface area (TPSA) is 70.6 Å². The molecule has 0 spiro atoms. The van der Waals surface area contributed by atoms with Crippen LogP contribution in [0.3, 0.4) is 0 Å². The van der Waals surface area contributed by atoms with E-state index < -0.39 is 10.0 Å². The molecular weight excluding hydrogens is 454 g/mol. The second-order valence-corrected chi connectivity index (χ2v) is 11.7. The summed E-state index contributed by atoms with van der Waals surface area (Å²) in [6.45, 7) is 5.62. The molecule has 0 saturated carbocycles. The van der Waals surface area contributed by atoms with Crippen molar-refractivity contribution in [3.05, 3.63) is 44.9 Å². The molecule has 168 valence electrons. The second kappa shape index (κ2) is 9.17. The van der Waals surface area contributed by atoms with Gasteiger partial charge in [-0.25, -0.2) is 13.4 Å². The number of rotatable bonds is 4. The molecule has 6 nitrogen and oxygen atoms in total. The fourth-order valence-electron chi connectivity index (χ4n) is 4.35. The van der Waals surface area contributed by atoms with Gasteiger partial charge in [-0.05, 0) is 63.6 Å². The van der Waals surface area contributed by atoms with E-state index in [1.807, 2.05) is 17.2 Å². The summed E-state index contributed by atoms with van der Waals surface area (Å²) in [5.41, 5.74) is 1.38. The second-order valence-electron chi connectivity index (χ2n) is 8.50. The van der Waals surface area contributed by atoms with E-state index in [0.717, 1.165) is 30.0 Å². The number of likely N-dealkylation sites (tertiary alicyclic amines) is 1. The summed E-state index contributed by atoms with van der Waals surface area (Å²) in [6.07, 6.45) is 4.65. The van der Waals surface area contributed by atoms with E-state index in [4.69, 9.17) is 11.6 Å². The van der Waals surface area contributed by atoms with E-state index in [-0.39, 0.29) is 22.8 Å². The summed E-state index contributed by atoms with van der Waals surface area (Å²) in [4.78, 5) is 19.7. The van der Waals surface area contributed by atoms with Crippen molar-refractivity contribution in [2.45, 2.75) is 62.8 Å². The highest BCUT2D eigenvalue weighted by Gasteiger charge is 2.32. The molecule has 1 aromatic carbocycles. The number of carbonyl (C=O) groups is 1. The quantitative estimate of drug-likeness (QED) is 0.635. The molecule has 31 heavy (non-hydrogen) atoms. The number of hydrogen-bond donors (Lipinski definition) is 0. The first kappa shape index (κ1) is 22.7. The van der Waals surface area contributed by atoms with Gasteiger partial charge in [-0.3, -0.25) is 4.79 Å². The zero-order valence-corrected chi connectivity index (χ0v) is 20.3. The number of benzene rings is 1. The molecule has 0 aliphatic carbocycles. The van der Waals surface area contributed by atoms with Gasteiger partial charge in [0.15, 0.2) is 0 Å². The largest absolute Gasteiger partial charge is 0.335 e. The van der Waals surface area contributed by atoms with Crippen molar-refractivity contribution in [2.24, 2.45) is 0 Å². The third-order valence-electron chi connectivity index (χ3n) is 6.39. The van der Waals surface area contributed by atoms with Crippen LogP contribution in [0.25, 0.3) is 0 Å². The van der Waals surface area contributed by atoms with Crippen molar-refractivity contribution in [1.82, 2.24) is 14.2 Å². The maximum Gasteiger partial charge on any atom is 0.273 e. The van der Waals surface area contributed by atoms with Crippen LogP contribution in [0.2, 0.25) is 5.02 Å². The van der Waals surface area contributed by atoms with Gasteiger partial charge in [-0.15, -0.1) is 11.3 Å². The van der Waals surface area contributed by atoms with E-state index in [2.05, 4.69) is 11.9 Å². The van der Waals surface area contributed by atoms with Crippen molar-refractivity contribution in [2.75, 3.05) is 19.6 Å². The molecule has 2 aromatic rings. The molecule has 2 aliphatic rings. The minimum atomic E-state index is -3.56. The lowest BCUT2D eigenvalue weighted by molar-refractivity contribution is 0.0630. The molecule has 2 aliphatic heterocycles. The summed E-state index contributed by atoms with van der Waals surface area (Å²) >= 11 is 7.65. The molecule has 3 heterocycles. The van der Waals surface area contributed by atoms with Crippen LogP contribution < -0.4 is 0 Å². The van der Waals surface area contributed by atoms with Gasteiger partial charge in [0.25, 0.3) is 5.91 Å². The number of piperidine rings is 2. The fraction of sp³-hybridized carbons (Fsp3) is 0.545. The van der Waals surface area contributed by atoms with Crippen LogP contribution in [0, 0.1) is 6.92 Å². The Morgan fingerprint density at radius 3 is 2.58 bits per heavy atom. The van der Waals surface area contributed by atoms with Crippen molar-refractivity contribution >= 4 is 38.9 Å². The fourth-order valence-corrected chi connectivity index (χ4v) is 7.05. The average molecular weight is 482 g/mol. The molecule has 1 amide bonds. The highest BCUT2D eigenvalue weighted by Crippen LogP contribution is 2.33. The molecule has 9 heteroatoms. The smallest absolute Gasteiger partial charge is 0.273 e. The molecule has 0 N–H and O–H groups in total. The Morgan fingerprint density at radius 1 is 1.16 bits per heavy atom. The van der Waals surface area contributed by atoms with E-state index >= 15 is 0 Å². The number of carbonyl (C=O) groups excluding carboxylic acids is 1. The third-order valence-corrected chi connectivity index (χ3v) is 9.70. The van der Waals surface area contributed by atoms with Gasteiger partial charge in [-0.1, -0.05) is 17.7 Å². The highest BCUT2D eigenvalue weighted by atomic mass is 35.5. The Balaban J connectivity index is 1.41. The Morgan fingerprint density at radius 2 is 1.90 bits per heavy atom. The SMILES string of the molecule is Cc1ccc(S(=O)(=O)N2CCC(c3nc(C(=O)N4CCCCC4C)cs3)CC2)cc1Cl. The van der Waals surface area contributed by atoms with Crippen LogP contribution >= 0.6 is 22.9 Å². The van der Waals surface area contributed by atoms with Gasteiger partial charge >= 0.3 is 0 Å². The highest BCUT2D eigenvalue weighted by molar-refractivity contribution is 7.89. The molecule has 2 saturated heterocycles. The molecule has 1 atom stereocenters. The lowest BCUT2D eigenvalue weighted by Crippen LogP contribution is -2.42. The zero-order valence-electron chi connectivity index (χ0n) is 17.9. The van der Waals surface area contributed by atoms with Crippen LogP contribution in [0.4, 0.5) is 0 Å². The summed E-state index contributed by atoms with van der Waals surface area (Å²) in [5.74, 6) is 0.198. The van der Waals surface area contributed by atoms with Crippen molar-refractivity contribution < 1.29 is 13.2 Å². The van der Waals surface area contributed by atoms with Crippen molar-refractivity contribution in [1.29, 1.82) is 0 Å². The van der Waals surface area contributed by atoms with Gasteiger partial charge in [0.05, 0.1) is 9.90 Å². The Labute approximate surface area is 193 Å². The summed E-state index contributed by atoms with van der Waals surface area (Å²) in [5, 5.41) is 3.25. The number of nitrogens with zero attached hydrogens (tertiary/aromatic N) is 3. The number of aryl methyl sites for hydroxylation is 1. The first-order valence-electron chi connectivity index (χ1n) is 10.8. The lowest BCUT2D eigenvalue weighted by atomic mass is 9.99. The van der Waals surface area contributed by atoms with E-state index in [9.17, 15) is 13.2 Å². The minimum absolute atomic E-state index is 0.0194. The third kappa shape index (κ3) is 4.67. The first-order valence-corrected chi connectivity index (χ1v) is 13.5. The van der Waals surface area contributed by atoms with Gasteiger partial charge in [0, 0.05) is 42.0 Å². The number of sulfonamides is 1. The summed E-state index contributed by atoms with van der Waals surface area (Å²) in [7, 11) is -3.56. The van der Waals surface area contributed by atoms with E-state index in [1.165, 1.54) is 28.1 Å². The number of thiazole rings is 1. The lowest BCUT2D eigenvalue weighted by Gasteiger charge is -2.33. The minimum Gasteiger partial charge on any atom is -0.335 e. The molecule has 0 bridgehead atoms. The Hall–Kier alpha value is -1.48. The zero-order chi connectivity index (χ0) is 22.2. The maximum atomic E-state index is 13.0. The predicted octanol–water partition coefficient (Wildman–Crippen LogP) is 4.69. The number of amides is 1. The predicted molar refractivity (Wildman–Crippen MR) is 123 cm³/mol. The monoisotopic (exact) mass is 481 g/mol. The molecule has 0 radical (unpaired) electrons. The Bertz CT molecular complexity index is 1060. The maximum absolute atomic E-state index is 13.0. The molecule has 1 unspecified atom stereocenters. The Kier molecular flexibility index (Phi) is 6.72. The van der Waals surface area contributed by atoms with Crippen LogP contribution in [0.1, 0.15) is 66.0 Å². The molecule has 4 rings (SSSR count). The average Bonchev–Trinajstić information content (AvgIpc) is 3.26. The standard InChI is InChI=1S/C22H28ClN3O3S2/c1-15-6-7-18(13-19(15)23)31(28,29)25-11-8-17(9-12-25)21-24-20(14-30-21)22(27)26-10-4-3-5-16(26)2/h6-7,13-14,16-17H,3-5,8-12H2,1-2H3. The van der Waals surface area contributed by atoms with Crippen LogP contribution in [-0.4, -0.2) is 54.2 Å². The van der Waals surface area contributed by atoms with Gasteiger partial charge in [0.1, 0.15) is 5.69 Å². The van der Waals surface area contributed by atoms with Gasteiger partial charge in [0.2, 0.25) is 10.0 Å². The molecular formula is C22H28ClN3O3S2. The normalized spacial score (nSPS) is 21.4. The molecule has 1 aromatic heterocycles. The summed E-state index contributed by atoms with van der Waals surface area (Å²) in [6, 6.07) is 5.14. The van der Waals surface area contributed by atoms with E-state index in [0.29, 0.717) is 36.6 Å². The van der Waals surface area contributed by atoms with Gasteiger partial charge < -0.3 is 4.90 Å². The van der Waals surface area contributed by atoms with E-state index in [1.54, 1.807) is 12.1 Å². The van der Waals surface area contributed by atoms with Crippen molar-refractivity contribution in [3.63, 3.8) is 0 Å². The number of halogens is 1. The number of aromatic nitrogens is 1. The summed E-state index contributed by atoms with van der Waals surface area (Å²) < 4.78 is 27.5. The number of hydrogen-bond acceptors (Lipinski definition) is 5.